The highest BCUT2D eigenvalue weighted by Gasteiger charge is 2.18. The molecule has 7 heteroatoms. The largest absolute Gasteiger partial charge is 0.347 e. The molecule has 2 rings (SSSR count). The molecule has 0 aromatic heterocycles. The van der Waals surface area contributed by atoms with Crippen LogP contribution in [-0.4, -0.2) is 33.8 Å². The van der Waals surface area contributed by atoms with E-state index < -0.39 is 4.92 Å². The van der Waals surface area contributed by atoms with E-state index in [1.165, 1.54) is 11.6 Å². The number of aliphatic imine (C=N–C) groups is 1. The molecule has 0 atom stereocenters. The van der Waals surface area contributed by atoms with E-state index in [-0.39, 0.29) is 5.69 Å². The lowest BCUT2D eigenvalue weighted by Crippen LogP contribution is -2.24. The van der Waals surface area contributed by atoms with Gasteiger partial charge in [-0.15, -0.1) is 0 Å². The molecule has 5 nitrogen and oxygen atoms in total. The number of aryl methyl sites for hydroxylation is 1. The van der Waals surface area contributed by atoms with Crippen molar-refractivity contribution in [2.75, 3.05) is 18.8 Å². The molecule has 1 saturated heterocycles. The minimum atomic E-state index is -0.397. The Kier molecular flexibility index (Phi) is 5.03. The number of hydrogen-bond donors (Lipinski definition) is 0. The van der Waals surface area contributed by atoms with Gasteiger partial charge in [0.05, 0.1) is 10.6 Å². The first-order valence-corrected chi connectivity index (χ1v) is 7.50. The molecule has 106 valence electrons. The number of non-ortho nitro benzene ring substituents is 1. The van der Waals surface area contributed by atoms with Crippen LogP contribution >= 0.6 is 23.4 Å². The summed E-state index contributed by atoms with van der Waals surface area (Å²) < 4.78 is 0. The second kappa shape index (κ2) is 6.76. The molecule has 0 aliphatic carbocycles. The van der Waals surface area contributed by atoms with Crippen LogP contribution in [0.5, 0.6) is 0 Å². The van der Waals surface area contributed by atoms with Crippen LogP contribution in [0.25, 0.3) is 0 Å². The smallest absolute Gasteiger partial charge is 0.269 e. The first-order valence-electron chi connectivity index (χ1n) is 6.08. The van der Waals surface area contributed by atoms with Crippen molar-refractivity contribution in [1.29, 1.82) is 0 Å². The van der Waals surface area contributed by atoms with Crippen LogP contribution in [0, 0.1) is 17.0 Å². The van der Waals surface area contributed by atoms with Crippen molar-refractivity contribution in [3.8, 4) is 0 Å². The summed E-state index contributed by atoms with van der Waals surface area (Å²) in [4.78, 5) is 17.0. The topological polar surface area (TPSA) is 58.7 Å². The first kappa shape index (κ1) is 14.9. The first-order chi connectivity index (χ1) is 9.61. The van der Waals surface area contributed by atoms with Crippen LogP contribution in [0.1, 0.15) is 5.56 Å². The van der Waals surface area contributed by atoms with E-state index in [0.29, 0.717) is 0 Å². The molecule has 0 unspecified atom stereocenters. The Balaban J connectivity index is 2.23. The van der Waals surface area contributed by atoms with Gasteiger partial charge in [-0.05, 0) is 18.6 Å². The third-order valence-corrected chi connectivity index (χ3v) is 4.06. The van der Waals surface area contributed by atoms with Crippen molar-refractivity contribution in [3.63, 3.8) is 0 Å². The number of halogens is 1. The SMILES string of the molecule is Cc1cc([N+](=O)[O-])ccc1N=C1SCCN1CC=CCl. The molecule has 0 saturated carbocycles. The van der Waals surface area contributed by atoms with Gasteiger partial charge < -0.3 is 4.90 Å². The Bertz CT molecular complexity index is 575. The summed E-state index contributed by atoms with van der Waals surface area (Å²) in [5.74, 6) is 0.987. The molecule has 1 aliphatic heterocycles. The zero-order valence-electron chi connectivity index (χ0n) is 11.0. The Hall–Kier alpha value is -1.53. The number of nitrogens with zero attached hydrogens (tertiary/aromatic N) is 3. The number of rotatable bonds is 4. The minimum absolute atomic E-state index is 0.0902. The van der Waals surface area contributed by atoms with E-state index in [1.807, 2.05) is 13.0 Å². The third kappa shape index (κ3) is 3.52. The molecule has 1 fully saturated rings. The second-order valence-electron chi connectivity index (χ2n) is 4.28. The van der Waals surface area contributed by atoms with Gasteiger partial charge in [-0.1, -0.05) is 29.4 Å². The number of nitro groups is 1. The fraction of sp³-hybridized carbons (Fsp3) is 0.308. The summed E-state index contributed by atoms with van der Waals surface area (Å²) in [6.45, 7) is 3.48. The van der Waals surface area contributed by atoms with Gasteiger partial charge in [0.15, 0.2) is 5.17 Å². The van der Waals surface area contributed by atoms with E-state index in [2.05, 4.69) is 9.89 Å². The molecule has 0 N–H and O–H groups in total. The average molecular weight is 312 g/mol. The molecule has 0 bridgehead atoms. The Labute approximate surface area is 126 Å². The summed E-state index contributed by atoms with van der Waals surface area (Å²) >= 11 is 7.22. The molecule has 1 aromatic carbocycles. The maximum atomic E-state index is 10.7. The molecular weight excluding hydrogens is 298 g/mol. The maximum absolute atomic E-state index is 10.7. The molecular formula is C13H14ClN3O2S. The van der Waals surface area contributed by atoms with E-state index >= 15 is 0 Å². The van der Waals surface area contributed by atoms with Gasteiger partial charge in [-0.2, -0.15) is 0 Å². The van der Waals surface area contributed by atoms with E-state index in [1.54, 1.807) is 23.9 Å². The zero-order chi connectivity index (χ0) is 14.5. The lowest BCUT2D eigenvalue weighted by atomic mass is 10.2. The van der Waals surface area contributed by atoms with Gasteiger partial charge in [-0.3, -0.25) is 10.1 Å². The summed E-state index contributed by atoms with van der Waals surface area (Å²) in [6, 6.07) is 4.71. The number of hydrogen-bond acceptors (Lipinski definition) is 4. The normalized spacial score (nSPS) is 17.3. The molecule has 1 heterocycles. The van der Waals surface area contributed by atoms with Crippen LogP contribution in [0.3, 0.4) is 0 Å². The van der Waals surface area contributed by atoms with Crippen LogP contribution in [0.15, 0.2) is 34.8 Å². The van der Waals surface area contributed by atoms with E-state index in [4.69, 9.17) is 11.6 Å². The summed E-state index contributed by atoms with van der Waals surface area (Å²) in [5.41, 5.74) is 3.15. The highest BCUT2D eigenvalue weighted by atomic mass is 35.5. The van der Waals surface area contributed by atoms with Crippen molar-refractivity contribution in [3.05, 3.63) is 45.5 Å². The number of amidine groups is 1. The number of nitro benzene ring substituents is 1. The van der Waals surface area contributed by atoms with Crippen molar-refractivity contribution < 1.29 is 4.92 Å². The van der Waals surface area contributed by atoms with Crippen LogP contribution in [0.2, 0.25) is 0 Å². The van der Waals surface area contributed by atoms with Gasteiger partial charge in [0, 0.05) is 36.5 Å². The molecule has 0 radical (unpaired) electrons. The number of benzene rings is 1. The molecule has 1 aliphatic rings. The highest BCUT2D eigenvalue weighted by Crippen LogP contribution is 2.27. The summed E-state index contributed by atoms with van der Waals surface area (Å²) in [5, 5.41) is 11.6. The maximum Gasteiger partial charge on any atom is 0.269 e. The van der Waals surface area contributed by atoms with Crippen LogP contribution in [-0.2, 0) is 0 Å². The molecule has 20 heavy (non-hydrogen) atoms. The monoisotopic (exact) mass is 311 g/mol. The van der Waals surface area contributed by atoms with Gasteiger partial charge in [0.2, 0.25) is 0 Å². The fourth-order valence-corrected chi connectivity index (χ4v) is 2.94. The van der Waals surface area contributed by atoms with Gasteiger partial charge in [-0.25, -0.2) is 4.99 Å². The van der Waals surface area contributed by atoms with E-state index in [9.17, 15) is 10.1 Å². The second-order valence-corrected chi connectivity index (χ2v) is 5.59. The van der Waals surface area contributed by atoms with Crippen molar-refractivity contribution in [2.45, 2.75) is 6.92 Å². The van der Waals surface area contributed by atoms with E-state index in [0.717, 1.165) is 35.3 Å². The number of thioether (sulfide) groups is 1. The lowest BCUT2D eigenvalue weighted by Gasteiger charge is -2.15. The zero-order valence-corrected chi connectivity index (χ0v) is 12.5. The minimum Gasteiger partial charge on any atom is -0.347 e. The summed E-state index contributed by atoms with van der Waals surface area (Å²) in [6.07, 6.45) is 1.87. The highest BCUT2D eigenvalue weighted by molar-refractivity contribution is 8.14. The predicted molar refractivity (Wildman–Crippen MR) is 84.0 cm³/mol. The Morgan fingerprint density at radius 3 is 3.05 bits per heavy atom. The van der Waals surface area contributed by atoms with Gasteiger partial charge in [0.1, 0.15) is 0 Å². The summed E-state index contributed by atoms with van der Waals surface area (Å²) in [7, 11) is 0. The molecule has 0 amide bonds. The van der Waals surface area contributed by atoms with Crippen molar-refractivity contribution >= 4 is 39.9 Å². The Morgan fingerprint density at radius 1 is 1.60 bits per heavy atom. The van der Waals surface area contributed by atoms with Crippen molar-refractivity contribution in [1.82, 2.24) is 4.90 Å². The van der Waals surface area contributed by atoms with Crippen LogP contribution < -0.4 is 0 Å². The molecule has 0 spiro atoms. The Morgan fingerprint density at radius 2 is 2.40 bits per heavy atom. The third-order valence-electron chi connectivity index (χ3n) is 2.89. The van der Waals surface area contributed by atoms with Crippen molar-refractivity contribution in [2.24, 2.45) is 4.99 Å². The quantitative estimate of drug-likeness (QED) is 0.628. The van der Waals surface area contributed by atoms with Gasteiger partial charge in [0.25, 0.3) is 5.69 Å². The molecule has 1 aromatic rings. The van der Waals surface area contributed by atoms with Crippen LogP contribution in [0.4, 0.5) is 11.4 Å². The fourth-order valence-electron chi connectivity index (χ4n) is 1.86. The lowest BCUT2D eigenvalue weighted by molar-refractivity contribution is -0.384. The predicted octanol–water partition coefficient (Wildman–Crippen LogP) is 3.69. The van der Waals surface area contributed by atoms with Gasteiger partial charge >= 0.3 is 0 Å². The standard InChI is InChI=1S/C13H14ClN3O2S/c1-10-9-11(17(18)19)3-4-12(10)15-13-16(6-2-5-14)7-8-20-13/h2-5,9H,6-8H2,1H3. The average Bonchev–Trinajstić information content (AvgIpc) is 2.85.